The minimum absolute atomic E-state index is 0.00282. The Morgan fingerprint density at radius 3 is 2.45 bits per heavy atom. The summed E-state index contributed by atoms with van der Waals surface area (Å²) in [5, 5.41) is 14.8. The molecule has 2 aliphatic carbocycles. The first kappa shape index (κ1) is 25.9. The second-order valence-corrected chi connectivity index (χ2v) is 10.1. The lowest BCUT2D eigenvalue weighted by Gasteiger charge is -2.29. The Hall–Kier alpha value is -3.73. The predicted octanol–water partition coefficient (Wildman–Crippen LogP) is 3.02. The molecule has 0 radical (unpaired) electrons. The lowest BCUT2D eigenvalue weighted by molar-refractivity contribution is -0.124. The molecule has 2 amide bonds. The molecule has 2 fully saturated rings. The largest absolute Gasteiger partial charge is 0.494 e. The molecule has 1 aromatic carbocycles. The first-order valence-corrected chi connectivity index (χ1v) is 12.9. The van der Waals surface area contributed by atoms with E-state index in [9.17, 15) is 14.0 Å². The van der Waals surface area contributed by atoms with Crippen LogP contribution in [0.15, 0.2) is 18.5 Å². The van der Waals surface area contributed by atoms with Crippen LogP contribution in [-0.2, 0) is 4.79 Å². The Bertz CT molecular complexity index is 1350. The van der Waals surface area contributed by atoms with Crippen molar-refractivity contribution < 1.29 is 28.6 Å². The van der Waals surface area contributed by atoms with Crippen LogP contribution in [0.5, 0.6) is 11.5 Å². The Morgan fingerprint density at radius 1 is 1.08 bits per heavy atom. The van der Waals surface area contributed by atoms with E-state index >= 15 is 0 Å². The number of halogens is 1. The normalized spacial score (nSPS) is 19.3. The van der Waals surface area contributed by atoms with Gasteiger partial charge in [-0.3, -0.25) is 9.59 Å². The second-order valence-electron chi connectivity index (χ2n) is 10.1. The maximum atomic E-state index is 14.6. The van der Waals surface area contributed by atoms with Crippen LogP contribution >= 0.6 is 0 Å². The molecule has 4 N–H and O–H groups in total. The summed E-state index contributed by atoms with van der Waals surface area (Å²) in [4.78, 5) is 37.0. The van der Waals surface area contributed by atoms with Crippen LogP contribution in [0.2, 0.25) is 0 Å². The van der Waals surface area contributed by atoms with E-state index in [-0.39, 0.29) is 29.6 Å². The Balaban J connectivity index is 1.40. The van der Waals surface area contributed by atoms with Crippen LogP contribution in [0.25, 0.3) is 22.3 Å². The number of benzene rings is 1. The number of aromatic nitrogens is 3. The van der Waals surface area contributed by atoms with Crippen LogP contribution in [0, 0.1) is 18.7 Å². The number of carbonyl (C=O) groups excluding carboxylic acids is 2. The highest BCUT2D eigenvalue weighted by Crippen LogP contribution is 2.39. The number of hydrogen-bond donors (Lipinski definition) is 4. The molecular formula is C27H32FN5O5. The van der Waals surface area contributed by atoms with E-state index in [4.69, 9.17) is 14.6 Å². The number of aryl methyl sites for hydroxylation is 1. The monoisotopic (exact) mass is 525 g/mol. The SMILES string of the molecule is COc1cc(-c2ncnc3c(C(=O)N[C@H]4CC[C@@H](NC(=O)CO)CC4)c(C)[nH]c23)c(OCC2CC2)cc1F. The standard InChI is InChI=1S/C27H32FN5O5/c1-14-23(27(36)33-17-7-5-16(6-8-17)32-22(35)11-34)25-26(31-14)24(29-13-30-25)18-9-21(37-2)19(28)10-20(18)38-12-15-3-4-15/h9-10,13,15-17,31,34H,3-8,11-12H2,1-2H3,(H,32,35)(H,33,36)/t16-,17+. The first-order valence-electron chi connectivity index (χ1n) is 12.9. The summed E-state index contributed by atoms with van der Waals surface area (Å²) in [7, 11) is 1.40. The van der Waals surface area contributed by atoms with E-state index < -0.39 is 12.4 Å². The van der Waals surface area contributed by atoms with Crippen LogP contribution in [0.4, 0.5) is 4.39 Å². The minimum Gasteiger partial charge on any atom is -0.494 e. The van der Waals surface area contributed by atoms with E-state index in [1.54, 1.807) is 13.0 Å². The van der Waals surface area contributed by atoms with Gasteiger partial charge in [-0.1, -0.05) is 0 Å². The van der Waals surface area contributed by atoms with Gasteiger partial charge in [-0.25, -0.2) is 14.4 Å². The van der Waals surface area contributed by atoms with Gasteiger partial charge < -0.3 is 30.2 Å². The zero-order valence-electron chi connectivity index (χ0n) is 21.5. The van der Waals surface area contributed by atoms with Crippen molar-refractivity contribution >= 4 is 22.8 Å². The summed E-state index contributed by atoms with van der Waals surface area (Å²) in [6.07, 6.45) is 6.43. The second kappa shape index (κ2) is 10.9. The number of nitrogens with one attached hydrogen (secondary N) is 3. The summed E-state index contributed by atoms with van der Waals surface area (Å²) < 4.78 is 25.8. The summed E-state index contributed by atoms with van der Waals surface area (Å²) >= 11 is 0. The number of rotatable bonds is 9. The van der Waals surface area contributed by atoms with Gasteiger partial charge in [0, 0.05) is 29.4 Å². The molecule has 11 heteroatoms. The van der Waals surface area contributed by atoms with Crippen LogP contribution in [-0.4, -0.2) is 64.3 Å². The molecule has 0 aliphatic heterocycles. The van der Waals surface area contributed by atoms with Gasteiger partial charge in [0.15, 0.2) is 11.6 Å². The molecule has 10 nitrogen and oxygen atoms in total. The molecule has 0 spiro atoms. The maximum Gasteiger partial charge on any atom is 0.255 e. The van der Waals surface area contributed by atoms with Crippen LogP contribution in [0.1, 0.15) is 54.6 Å². The lowest BCUT2D eigenvalue weighted by Crippen LogP contribution is -2.44. The fourth-order valence-electron chi connectivity index (χ4n) is 5.00. The Kier molecular flexibility index (Phi) is 7.46. The number of amides is 2. The van der Waals surface area contributed by atoms with E-state index in [1.807, 2.05) is 0 Å². The Morgan fingerprint density at radius 2 is 1.79 bits per heavy atom. The average molecular weight is 526 g/mol. The van der Waals surface area contributed by atoms with Crippen molar-refractivity contribution in [3.63, 3.8) is 0 Å². The lowest BCUT2D eigenvalue weighted by atomic mass is 9.91. The van der Waals surface area contributed by atoms with Gasteiger partial charge in [0.1, 0.15) is 29.9 Å². The first-order chi connectivity index (χ1) is 18.4. The maximum absolute atomic E-state index is 14.6. The van der Waals surface area contributed by atoms with Crippen molar-refractivity contribution in [3.8, 4) is 22.8 Å². The molecule has 0 saturated heterocycles. The third kappa shape index (κ3) is 5.42. The summed E-state index contributed by atoms with van der Waals surface area (Å²) in [5.74, 6) is -0.260. The number of nitrogens with zero attached hydrogens (tertiary/aromatic N) is 2. The van der Waals surface area contributed by atoms with Crippen molar-refractivity contribution in [2.45, 2.75) is 57.5 Å². The average Bonchev–Trinajstić information content (AvgIpc) is 3.68. The zero-order chi connectivity index (χ0) is 26.8. The number of H-pyrrole nitrogens is 1. The fraction of sp³-hybridized carbons (Fsp3) is 0.481. The van der Waals surface area contributed by atoms with Crippen molar-refractivity contribution in [2.75, 3.05) is 20.3 Å². The number of methoxy groups -OCH3 is 1. The molecule has 0 unspecified atom stereocenters. The van der Waals surface area contributed by atoms with Crippen LogP contribution in [0.3, 0.4) is 0 Å². The smallest absolute Gasteiger partial charge is 0.255 e. The number of ether oxygens (including phenoxy) is 2. The molecule has 2 heterocycles. The third-order valence-electron chi connectivity index (χ3n) is 7.25. The van der Waals surface area contributed by atoms with Crippen molar-refractivity contribution in [3.05, 3.63) is 35.5 Å². The topological polar surface area (TPSA) is 138 Å². The van der Waals surface area contributed by atoms with E-state index in [1.165, 1.54) is 19.5 Å². The summed E-state index contributed by atoms with van der Waals surface area (Å²) in [6, 6.07) is 2.83. The molecule has 2 aliphatic rings. The summed E-state index contributed by atoms with van der Waals surface area (Å²) in [5.41, 5.74) is 3.11. The highest BCUT2D eigenvalue weighted by atomic mass is 19.1. The van der Waals surface area contributed by atoms with Gasteiger partial charge in [0.25, 0.3) is 5.91 Å². The predicted molar refractivity (Wildman–Crippen MR) is 138 cm³/mol. The van der Waals surface area contributed by atoms with Gasteiger partial charge in [-0.15, -0.1) is 0 Å². The number of aliphatic hydroxyl groups excluding tert-OH is 1. The van der Waals surface area contributed by atoms with Crippen molar-refractivity contribution in [1.29, 1.82) is 0 Å². The number of hydrogen-bond acceptors (Lipinski definition) is 7. The van der Waals surface area contributed by atoms with E-state index in [2.05, 4.69) is 25.6 Å². The molecule has 2 saturated carbocycles. The molecule has 38 heavy (non-hydrogen) atoms. The number of aromatic amines is 1. The van der Waals surface area contributed by atoms with Gasteiger partial charge in [-0.2, -0.15) is 0 Å². The summed E-state index contributed by atoms with van der Waals surface area (Å²) in [6.45, 7) is 1.77. The van der Waals surface area contributed by atoms with Crippen molar-refractivity contribution in [2.24, 2.45) is 5.92 Å². The van der Waals surface area contributed by atoms with Crippen molar-refractivity contribution in [1.82, 2.24) is 25.6 Å². The molecule has 0 atom stereocenters. The van der Waals surface area contributed by atoms with Gasteiger partial charge in [-0.05, 0) is 57.4 Å². The van der Waals surface area contributed by atoms with E-state index in [0.29, 0.717) is 77.5 Å². The number of aliphatic hydroxyl groups is 1. The fourth-order valence-corrected chi connectivity index (χ4v) is 5.00. The third-order valence-corrected chi connectivity index (χ3v) is 7.25. The molecule has 202 valence electrons. The molecular weight excluding hydrogens is 493 g/mol. The van der Waals surface area contributed by atoms with Crippen LogP contribution < -0.4 is 20.1 Å². The number of fused-ring (bicyclic) bond motifs is 1. The zero-order valence-corrected chi connectivity index (χ0v) is 21.5. The highest BCUT2D eigenvalue weighted by molar-refractivity contribution is 6.09. The number of carbonyl (C=O) groups is 2. The van der Waals surface area contributed by atoms with E-state index in [0.717, 1.165) is 12.8 Å². The molecule has 3 aromatic rings. The quantitative estimate of drug-likeness (QED) is 0.337. The van der Waals surface area contributed by atoms with Gasteiger partial charge in [0.05, 0.1) is 24.8 Å². The molecule has 0 bridgehead atoms. The van der Waals surface area contributed by atoms with Gasteiger partial charge >= 0.3 is 0 Å². The van der Waals surface area contributed by atoms with Gasteiger partial charge in [0.2, 0.25) is 5.91 Å². The highest BCUT2D eigenvalue weighted by Gasteiger charge is 2.28. The Labute approximate surface area is 219 Å². The molecule has 5 rings (SSSR count). The minimum atomic E-state index is -0.529. The molecule has 2 aromatic heterocycles.